The average Bonchev–Trinajstić information content (AvgIpc) is 2.33. The molecule has 2 aromatic heterocycles. The molecular weight excluding hydrogens is 240 g/mol. The Bertz CT molecular complexity index is 689. The van der Waals surface area contributed by atoms with E-state index in [1.807, 2.05) is 27.7 Å². The summed E-state index contributed by atoms with van der Waals surface area (Å²) < 4.78 is 1.61. The summed E-state index contributed by atoms with van der Waals surface area (Å²) in [6, 6.07) is 1.53. The van der Waals surface area contributed by atoms with Crippen molar-refractivity contribution in [2.75, 3.05) is 5.73 Å². The first kappa shape index (κ1) is 13.3. The van der Waals surface area contributed by atoms with Gasteiger partial charge in [0, 0.05) is 23.6 Å². The quantitative estimate of drug-likeness (QED) is 0.886. The van der Waals surface area contributed by atoms with Gasteiger partial charge in [-0.2, -0.15) is 0 Å². The van der Waals surface area contributed by atoms with Gasteiger partial charge < -0.3 is 5.73 Å². The lowest BCUT2D eigenvalue weighted by atomic mass is 10.1. The van der Waals surface area contributed by atoms with Crippen molar-refractivity contribution in [3.05, 3.63) is 51.0 Å². The molecule has 2 aromatic rings. The third-order valence-electron chi connectivity index (χ3n) is 3.31. The topological polar surface area (TPSA) is 73.8 Å². The van der Waals surface area contributed by atoms with Crippen LogP contribution in [0.4, 0.5) is 5.69 Å². The van der Waals surface area contributed by atoms with Crippen molar-refractivity contribution in [1.82, 2.24) is 14.5 Å². The molecule has 0 amide bonds. The number of anilines is 1. The molecule has 2 N–H and O–H groups in total. The van der Waals surface area contributed by atoms with Crippen molar-refractivity contribution in [3.63, 3.8) is 0 Å². The zero-order valence-electron chi connectivity index (χ0n) is 11.7. The number of rotatable bonds is 2. The fraction of sp³-hybridized carbons (Fsp3) is 0.357. The number of hydrogen-bond donors (Lipinski definition) is 1. The predicted octanol–water partition coefficient (Wildman–Crippen LogP) is 1.50. The normalized spacial score (nSPS) is 10.7. The van der Waals surface area contributed by atoms with E-state index in [4.69, 9.17) is 5.73 Å². The molecule has 0 aromatic carbocycles. The molecule has 0 saturated heterocycles. The van der Waals surface area contributed by atoms with E-state index in [0.29, 0.717) is 12.4 Å². The first-order valence-electron chi connectivity index (χ1n) is 6.15. The maximum absolute atomic E-state index is 12.0. The van der Waals surface area contributed by atoms with E-state index in [1.54, 1.807) is 10.8 Å². The second-order valence-corrected chi connectivity index (χ2v) is 4.80. The number of nitrogens with zero attached hydrogens (tertiary/aromatic N) is 3. The van der Waals surface area contributed by atoms with Crippen LogP contribution in [-0.4, -0.2) is 14.5 Å². The molecule has 0 radical (unpaired) electrons. The summed E-state index contributed by atoms with van der Waals surface area (Å²) in [5, 5.41) is 0. The Morgan fingerprint density at radius 2 is 1.95 bits per heavy atom. The number of nitrogens with two attached hydrogens (primary N) is 1. The highest BCUT2D eigenvalue weighted by atomic mass is 16.1. The average molecular weight is 258 g/mol. The summed E-state index contributed by atoms with van der Waals surface area (Å²) in [4.78, 5) is 20.7. The maximum atomic E-state index is 12.0. The highest BCUT2D eigenvalue weighted by Gasteiger charge is 2.10. The molecular formula is C14H18N4O. The lowest BCUT2D eigenvalue weighted by molar-refractivity contribution is 0.677. The van der Waals surface area contributed by atoms with Crippen LogP contribution in [0.25, 0.3) is 0 Å². The number of aryl methyl sites for hydroxylation is 3. The van der Waals surface area contributed by atoms with Gasteiger partial charge in [0.25, 0.3) is 5.56 Å². The summed E-state index contributed by atoms with van der Waals surface area (Å²) in [6.07, 6.45) is 1.74. The SMILES string of the molecule is Cc1cc(=O)n(Cc2ncc(C)c(N)c2C)c(C)n1. The minimum absolute atomic E-state index is 0.0645. The molecule has 0 aliphatic rings. The molecule has 0 unspecified atom stereocenters. The van der Waals surface area contributed by atoms with Crippen LogP contribution in [0.5, 0.6) is 0 Å². The summed E-state index contributed by atoms with van der Waals surface area (Å²) in [7, 11) is 0. The van der Waals surface area contributed by atoms with E-state index in [1.165, 1.54) is 6.07 Å². The third-order valence-corrected chi connectivity index (χ3v) is 3.31. The van der Waals surface area contributed by atoms with Gasteiger partial charge in [-0.15, -0.1) is 0 Å². The van der Waals surface area contributed by atoms with Gasteiger partial charge in [-0.3, -0.25) is 14.3 Å². The van der Waals surface area contributed by atoms with Crippen LogP contribution >= 0.6 is 0 Å². The molecule has 0 saturated carbocycles. The molecule has 100 valence electrons. The van der Waals surface area contributed by atoms with Crippen molar-refractivity contribution in [2.45, 2.75) is 34.2 Å². The Labute approximate surface area is 112 Å². The van der Waals surface area contributed by atoms with Crippen LogP contribution in [0.3, 0.4) is 0 Å². The Kier molecular flexibility index (Phi) is 3.38. The minimum atomic E-state index is -0.0645. The van der Waals surface area contributed by atoms with Crippen LogP contribution < -0.4 is 11.3 Å². The smallest absolute Gasteiger partial charge is 0.254 e. The summed E-state index contributed by atoms with van der Waals surface area (Å²) in [5.74, 6) is 0.686. The Morgan fingerprint density at radius 3 is 2.58 bits per heavy atom. The standard InChI is InChI=1S/C14H18N4O/c1-8-6-16-12(10(3)14(8)15)7-18-11(4)17-9(2)5-13(18)19/h5-6H,7H2,1-4H3,(H2,15,16). The number of pyridine rings is 1. The zero-order valence-corrected chi connectivity index (χ0v) is 11.7. The van der Waals surface area contributed by atoms with Gasteiger partial charge in [0.2, 0.25) is 0 Å². The van der Waals surface area contributed by atoms with Crippen LogP contribution in [0, 0.1) is 27.7 Å². The minimum Gasteiger partial charge on any atom is -0.398 e. The van der Waals surface area contributed by atoms with Crippen molar-refractivity contribution >= 4 is 5.69 Å². The molecule has 19 heavy (non-hydrogen) atoms. The lowest BCUT2D eigenvalue weighted by Gasteiger charge is -2.13. The van der Waals surface area contributed by atoms with Crippen LogP contribution in [0.15, 0.2) is 17.1 Å². The highest BCUT2D eigenvalue weighted by Crippen LogP contribution is 2.18. The zero-order chi connectivity index (χ0) is 14.2. The van der Waals surface area contributed by atoms with E-state index in [9.17, 15) is 4.79 Å². The third kappa shape index (κ3) is 2.50. The summed E-state index contributed by atoms with van der Waals surface area (Å²) in [5.41, 5.74) is 10.1. The van der Waals surface area contributed by atoms with Crippen molar-refractivity contribution in [1.29, 1.82) is 0 Å². The maximum Gasteiger partial charge on any atom is 0.254 e. The van der Waals surface area contributed by atoms with Crippen molar-refractivity contribution in [2.24, 2.45) is 0 Å². The first-order valence-corrected chi connectivity index (χ1v) is 6.15. The molecule has 0 aliphatic carbocycles. The lowest BCUT2D eigenvalue weighted by Crippen LogP contribution is -2.25. The molecule has 0 bridgehead atoms. The van der Waals surface area contributed by atoms with Gasteiger partial charge in [0.15, 0.2) is 0 Å². The van der Waals surface area contributed by atoms with Gasteiger partial charge in [-0.05, 0) is 38.8 Å². The van der Waals surface area contributed by atoms with Crippen molar-refractivity contribution in [3.8, 4) is 0 Å². The molecule has 0 spiro atoms. The van der Waals surface area contributed by atoms with E-state index >= 15 is 0 Å². The number of nitrogen functional groups attached to an aromatic ring is 1. The van der Waals surface area contributed by atoms with Gasteiger partial charge in [0.1, 0.15) is 5.82 Å². The van der Waals surface area contributed by atoms with Gasteiger partial charge >= 0.3 is 0 Å². The van der Waals surface area contributed by atoms with Gasteiger partial charge in [0.05, 0.1) is 12.2 Å². The Balaban J connectivity index is 2.48. The molecule has 2 heterocycles. The number of aromatic nitrogens is 3. The summed E-state index contributed by atoms with van der Waals surface area (Å²) >= 11 is 0. The van der Waals surface area contributed by atoms with E-state index in [2.05, 4.69) is 9.97 Å². The van der Waals surface area contributed by atoms with E-state index in [-0.39, 0.29) is 5.56 Å². The Morgan fingerprint density at radius 1 is 1.26 bits per heavy atom. The van der Waals surface area contributed by atoms with Crippen LogP contribution in [0.1, 0.15) is 28.3 Å². The van der Waals surface area contributed by atoms with E-state index < -0.39 is 0 Å². The predicted molar refractivity (Wildman–Crippen MR) is 75.2 cm³/mol. The van der Waals surface area contributed by atoms with Crippen LogP contribution in [0.2, 0.25) is 0 Å². The Hall–Kier alpha value is -2.17. The molecule has 0 fully saturated rings. The molecule has 0 atom stereocenters. The molecule has 0 aliphatic heterocycles. The second-order valence-electron chi connectivity index (χ2n) is 4.80. The van der Waals surface area contributed by atoms with E-state index in [0.717, 1.165) is 28.2 Å². The highest BCUT2D eigenvalue weighted by molar-refractivity contribution is 5.53. The summed E-state index contributed by atoms with van der Waals surface area (Å²) in [6.45, 7) is 7.87. The molecule has 5 heteroatoms. The second kappa shape index (κ2) is 4.84. The van der Waals surface area contributed by atoms with Gasteiger partial charge in [-0.1, -0.05) is 0 Å². The number of hydrogen-bond acceptors (Lipinski definition) is 4. The van der Waals surface area contributed by atoms with Crippen molar-refractivity contribution < 1.29 is 0 Å². The fourth-order valence-corrected chi connectivity index (χ4v) is 2.06. The monoisotopic (exact) mass is 258 g/mol. The fourth-order valence-electron chi connectivity index (χ4n) is 2.06. The first-order chi connectivity index (χ1) is 8.90. The molecule has 5 nitrogen and oxygen atoms in total. The van der Waals surface area contributed by atoms with Gasteiger partial charge in [-0.25, -0.2) is 4.98 Å². The largest absolute Gasteiger partial charge is 0.398 e. The molecule has 2 rings (SSSR count). The van der Waals surface area contributed by atoms with Crippen LogP contribution in [-0.2, 0) is 6.54 Å².